The molecular formula is C14H23N5O2. The zero-order chi connectivity index (χ0) is 15.0. The third-order valence-electron chi connectivity index (χ3n) is 4.42. The molecular weight excluding hydrogens is 270 g/mol. The largest absolute Gasteiger partial charge is 0.347 e. The lowest BCUT2D eigenvalue weighted by molar-refractivity contribution is 0.373. The van der Waals surface area contributed by atoms with E-state index in [1.807, 2.05) is 0 Å². The first-order chi connectivity index (χ1) is 10.1. The van der Waals surface area contributed by atoms with Gasteiger partial charge in [0.2, 0.25) is 5.82 Å². The number of rotatable bonds is 4. The molecule has 1 atom stereocenters. The van der Waals surface area contributed by atoms with Crippen molar-refractivity contribution in [2.24, 2.45) is 20.0 Å². The second-order valence-electron chi connectivity index (χ2n) is 6.19. The lowest BCUT2D eigenvalue weighted by atomic mass is 9.99. The van der Waals surface area contributed by atoms with Crippen LogP contribution in [0.1, 0.15) is 25.7 Å². The number of aryl methyl sites for hydroxylation is 1. The third-order valence-corrected chi connectivity index (χ3v) is 4.42. The standard InChI is InChI=1S/C14H23N5O2/c1-17-13(20)12(16-18(2)14(17)21)19(11-5-6-11)9-10-4-3-7-15-8-10/h10-11,15H,3-9H2,1-2H3. The first kappa shape index (κ1) is 14.3. The summed E-state index contributed by atoms with van der Waals surface area (Å²) in [5.74, 6) is 0.968. The Hall–Kier alpha value is -1.63. The van der Waals surface area contributed by atoms with Crippen LogP contribution in [-0.4, -0.2) is 40.0 Å². The van der Waals surface area contributed by atoms with E-state index in [1.165, 1.54) is 24.6 Å². The average molecular weight is 293 g/mol. The number of anilines is 1. The Morgan fingerprint density at radius 2 is 2.05 bits per heavy atom. The predicted octanol–water partition coefficient (Wildman–Crippen LogP) is -0.553. The lowest BCUT2D eigenvalue weighted by Crippen LogP contribution is -2.46. The van der Waals surface area contributed by atoms with Crippen LogP contribution in [0.4, 0.5) is 5.82 Å². The van der Waals surface area contributed by atoms with Crippen molar-refractivity contribution < 1.29 is 0 Å². The summed E-state index contributed by atoms with van der Waals surface area (Å²) in [7, 11) is 3.11. The maximum absolute atomic E-state index is 12.4. The molecule has 1 aliphatic heterocycles. The van der Waals surface area contributed by atoms with E-state index >= 15 is 0 Å². The van der Waals surface area contributed by atoms with E-state index in [4.69, 9.17) is 0 Å². The van der Waals surface area contributed by atoms with Crippen LogP contribution in [0.15, 0.2) is 9.59 Å². The first-order valence-electron chi connectivity index (χ1n) is 7.69. The van der Waals surface area contributed by atoms with E-state index in [2.05, 4.69) is 15.3 Å². The van der Waals surface area contributed by atoms with Crippen molar-refractivity contribution in [3.8, 4) is 0 Å². The zero-order valence-corrected chi connectivity index (χ0v) is 12.7. The van der Waals surface area contributed by atoms with Crippen LogP contribution in [-0.2, 0) is 14.1 Å². The van der Waals surface area contributed by atoms with Gasteiger partial charge in [0.1, 0.15) is 0 Å². The molecule has 1 N–H and O–H groups in total. The van der Waals surface area contributed by atoms with Crippen LogP contribution in [0, 0.1) is 5.92 Å². The molecule has 0 radical (unpaired) electrons. The van der Waals surface area contributed by atoms with Gasteiger partial charge in [-0.2, -0.15) is 0 Å². The molecule has 7 heteroatoms. The Balaban J connectivity index is 1.90. The van der Waals surface area contributed by atoms with Crippen LogP contribution in [0.25, 0.3) is 0 Å². The van der Waals surface area contributed by atoms with Gasteiger partial charge in [-0.25, -0.2) is 9.48 Å². The quantitative estimate of drug-likeness (QED) is 0.806. The molecule has 0 amide bonds. The van der Waals surface area contributed by atoms with Crippen molar-refractivity contribution in [1.29, 1.82) is 0 Å². The maximum atomic E-state index is 12.4. The number of hydrogen-bond donors (Lipinski definition) is 1. The van der Waals surface area contributed by atoms with Gasteiger partial charge in [-0.1, -0.05) is 0 Å². The molecule has 7 nitrogen and oxygen atoms in total. The highest BCUT2D eigenvalue weighted by Crippen LogP contribution is 2.30. The predicted molar refractivity (Wildman–Crippen MR) is 80.7 cm³/mol. The Morgan fingerprint density at radius 1 is 1.29 bits per heavy atom. The van der Waals surface area contributed by atoms with Gasteiger partial charge < -0.3 is 10.2 Å². The summed E-state index contributed by atoms with van der Waals surface area (Å²) in [6.07, 6.45) is 4.58. The highest BCUT2D eigenvalue weighted by atomic mass is 16.2. The molecule has 1 saturated carbocycles. The number of aromatic nitrogens is 3. The van der Waals surface area contributed by atoms with Gasteiger partial charge in [0.25, 0.3) is 5.56 Å². The fourth-order valence-corrected chi connectivity index (χ4v) is 3.01. The highest BCUT2D eigenvalue weighted by molar-refractivity contribution is 5.38. The van der Waals surface area contributed by atoms with Gasteiger partial charge in [-0.05, 0) is 44.7 Å². The normalized spacial score (nSPS) is 22.3. The molecule has 2 fully saturated rings. The van der Waals surface area contributed by atoms with Gasteiger partial charge in [-0.3, -0.25) is 9.36 Å². The minimum absolute atomic E-state index is 0.284. The second kappa shape index (κ2) is 5.63. The van der Waals surface area contributed by atoms with Crippen molar-refractivity contribution in [3.05, 3.63) is 20.8 Å². The second-order valence-corrected chi connectivity index (χ2v) is 6.19. The fraction of sp³-hybridized carbons (Fsp3) is 0.786. The summed E-state index contributed by atoms with van der Waals surface area (Å²) in [4.78, 5) is 26.3. The molecule has 1 aromatic rings. The van der Waals surface area contributed by atoms with E-state index in [9.17, 15) is 9.59 Å². The topological polar surface area (TPSA) is 72.2 Å². The molecule has 2 aliphatic rings. The Labute approximate surface area is 123 Å². The van der Waals surface area contributed by atoms with E-state index in [0.29, 0.717) is 17.8 Å². The lowest BCUT2D eigenvalue weighted by Gasteiger charge is -2.30. The molecule has 0 aromatic carbocycles. The van der Waals surface area contributed by atoms with Crippen molar-refractivity contribution in [2.75, 3.05) is 24.5 Å². The van der Waals surface area contributed by atoms with Gasteiger partial charge in [0.15, 0.2) is 0 Å². The Bertz CT molecular complexity index is 625. The summed E-state index contributed by atoms with van der Waals surface area (Å²) >= 11 is 0. The fourth-order valence-electron chi connectivity index (χ4n) is 3.01. The third kappa shape index (κ3) is 2.88. The van der Waals surface area contributed by atoms with Gasteiger partial charge >= 0.3 is 5.69 Å². The summed E-state index contributed by atoms with van der Waals surface area (Å²) in [5.41, 5.74) is -0.660. The average Bonchev–Trinajstić information content (AvgIpc) is 3.32. The summed E-state index contributed by atoms with van der Waals surface area (Å²) in [6, 6.07) is 0.407. The number of piperidine rings is 1. The molecule has 1 unspecified atom stereocenters. The van der Waals surface area contributed by atoms with Crippen molar-refractivity contribution in [2.45, 2.75) is 31.7 Å². The molecule has 3 rings (SSSR count). The van der Waals surface area contributed by atoms with Gasteiger partial charge in [0, 0.05) is 26.7 Å². The number of nitrogens with one attached hydrogen (secondary N) is 1. The molecule has 1 aliphatic carbocycles. The zero-order valence-electron chi connectivity index (χ0n) is 12.7. The minimum atomic E-state index is -0.376. The Morgan fingerprint density at radius 3 is 2.67 bits per heavy atom. The molecule has 21 heavy (non-hydrogen) atoms. The maximum Gasteiger partial charge on any atom is 0.346 e. The van der Waals surface area contributed by atoms with Crippen molar-refractivity contribution in [1.82, 2.24) is 19.7 Å². The number of nitrogens with zero attached hydrogens (tertiary/aromatic N) is 4. The first-order valence-corrected chi connectivity index (χ1v) is 7.69. The minimum Gasteiger partial charge on any atom is -0.347 e. The molecule has 2 heterocycles. The van der Waals surface area contributed by atoms with E-state index < -0.39 is 0 Å². The molecule has 1 aromatic heterocycles. The summed E-state index contributed by atoms with van der Waals surface area (Å²) in [5, 5.41) is 7.65. The van der Waals surface area contributed by atoms with Crippen molar-refractivity contribution in [3.63, 3.8) is 0 Å². The monoisotopic (exact) mass is 293 g/mol. The molecule has 116 valence electrons. The van der Waals surface area contributed by atoms with Gasteiger partial charge in [-0.15, -0.1) is 5.10 Å². The van der Waals surface area contributed by atoms with Crippen LogP contribution in [0.3, 0.4) is 0 Å². The van der Waals surface area contributed by atoms with E-state index in [-0.39, 0.29) is 11.2 Å². The highest BCUT2D eigenvalue weighted by Gasteiger charge is 2.34. The van der Waals surface area contributed by atoms with Gasteiger partial charge in [0.05, 0.1) is 0 Å². The van der Waals surface area contributed by atoms with Crippen LogP contribution < -0.4 is 21.5 Å². The molecule has 0 bridgehead atoms. The van der Waals surface area contributed by atoms with E-state index in [1.54, 1.807) is 7.05 Å². The molecule has 0 spiro atoms. The molecule has 1 saturated heterocycles. The smallest absolute Gasteiger partial charge is 0.346 e. The Kier molecular flexibility index (Phi) is 3.84. The van der Waals surface area contributed by atoms with E-state index in [0.717, 1.165) is 37.0 Å². The van der Waals surface area contributed by atoms with Crippen LogP contribution >= 0.6 is 0 Å². The van der Waals surface area contributed by atoms with Crippen LogP contribution in [0.5, 0.6) is 0 Å². The number of hydrogen-bond acceptors (Lipinski definition) is 5. The summed E-state index contributed by atoms with van der Waals surface area (Å²) in [6.45, 7) is 2.92. The summed E-state index contributed by atoms with van der Waals surface area (Å²) < 4.78 is 2.40. The van der Waals surface area contributed by atoms with Crippen molar-refractivity contribution >= 4 is 5.82 Å². The SMILES string of the molecule is Cn1nc(N(CC2CCCNC2)C2CC2)c(=O)n(C)c1=O. The van der Waals surface area contributed by atoms with Crippen LogP contribution in [0.2, 0.25) is 0 Å².